The summed E-state index contributed by atoms with van der Waals surface area (Å²) in [6.45, 7) is 0.0979. The maximum atomic E-state index is 12.4. The van der Waals surface area contributed by atoms with Crippen LogP contribution in [0.25, 0.3) is 22.0 Å². The lowest BCUT2D eigenvalue weighted by Gasteiger charge is -2.12. The van der Waals surface area contributed by atoms with Crippen molar-refractivity contribution in [2.75, 3.05) is 12.4 Å². The van der Waals surface area contributed by atoms with Gasteiger partial charge in [0.1, 0.15) is 12.4 Å². The van der Waals surface area contributed by atoms with Crippen LogP contribution in [0.2, 0.25) is 0 Å². The minimum atomic E-state index is -3.36. The van der Waals surface area contributed by atoms with Gasteiger partial charge in [-0.25, -0.2) is 8.42 Å². The van der Waals surface area contributed by atoms with Crippen molar-refractivity contribution in [1.29, 1.82) is 0 Å². The molecule has 0 spiro atoms. The maximum absolute atomic E-state index is 12.4. The van der Waals surface area contributed by atoms with Crippen molar-refractivity contribution in [2.45, 2.75) is 4.90 Å². The van der Waals surface area contributed by atoms with Gasteiger partial charge in [0.05, 0.1) is 10.6 Å². The van der Waals surface area contributed by atoms with Crippen LogP contribution < -0.4 is 4.74 Å². The van der Waals surface area contributed by atoms with E-state index in [2.05, 4.69) is 11.1 Å². The van der Waals surface area contributed by atoms with Crippen LogP contribution in [0.15, 0.2) is 90.0 Å². The minimum absolute atomic E-state index is 0.0673. The smallest absolute Gasteiger partial charge is 0.181 e. The molecule has 1 heterocycles. The fraction of sp³-hybridized carbons (Fsp3) is 0.0909. The van der Waals surface area contributed by atoms with Crippen LogP contribution in [0.4, 0.5) is 0 Å². The zero-order valence-electron chi connectivity index (χ0n) is 14.6. The van der Waals surface area contributed by atoms with Gasteiger partial charge in [0.15, 0.2) is 9.84 Å². The zero-order valence-corrected chi connectivity index (χ0v) is 15.4. The van der Waals surface area contributed by atoms with Crippen LogP contribution in [0.1, 0.15) is 0 Å². The topological polar surface area (TPSA) is 59.2 Å². The highest BCUT2D eigenvalue weighted by Crippen LogP contribution is 2.31. The Balaban J connectivity index is 1.53. The zero-order chi connectivity index (χ0) is 18.7. The number of benzene rings is 3. The van der Waals surface area contributed by atoms with Crippen molar-refractivity contribution in [1.82, 2.24) is 4.98 Å². The summed E-state index contributed by atoms with van der Waals surface area (Å²) in [6, 6.07) is 24.3. The number of sulfone groups is 1. The number of hydrogen-bond donors (Lipinski definition) is 1. The molecule has 0 aliphatic heterocycles. The standard InChI is InChI=1S/C22H19NO3S/c24-27(25,19-6-2-1-3-7-19)15-14-26-22-9-5-4-8-20(22)17-10-11-21-18(16-17)12-13-23-21/h1-13,16,23H,14-15H2. The largest absolute Gasteiger partial charge is 0.492 e. The first-order valence-corrected chi connectivity index (χ1v) is 10.4. The molecule has 3 aromatic carbocycles. The normalized spacial score (nSPS) is 11.6. The van der Waals surface area contributed by atoms with E-state index in [0.29, 0.717) is 10.6 Å². The van der Waals surface area contributed by atoms with E-state index in [1.165, 1.54) is 0 Å². The van der Waals surface area contributed by atoms with Crippen LogP contribution >= 0.6 is 0 Å². The Morgan fingerprint density at radius 3 is 2.48 bits per heavy atom. The molecule has 136 valence electrons. The quantitative estimate of drug-likeness (QED) is 0.530. The fourth-order valence-corrected chi connectivity index (χ4v) is 4.17. The van der Waals surface area contributed by atoms with Crippen LogP contribution in [0.3, 0.4) is 0 Å². The summed E-state index contributed by atoms with van der Waals surface area (Å²) >= 11 is 0. The predicted molar refractivity (Wildman–Crippen MR) is 108 cm³/mol. The van der Waals surface area contributed by atoms with E-state index < -0.39 is 9.84 Å². The minimum Gasteiger partial charge on any atom is -0.492 e. The van der Waals surface area contributed by atoms with Gasteiger partial charge in [0.25, 0.3) is 0 Å². The lowest BCUT2D eigenvalue weighted by atomic mass is 10.0. The number of fused-ring (bicyclic) bond motifs is 1. The Morgan fingerprint density at radius 2 is 1.63 bits per heavy atom. The number of aromatic amines is 1. The van der Waals surface area contributed by atoms with Crippen molar-refractivity contribution in [3.63, 3.8) is 0 Å². The highest BCUT2D eigenvalue weighted by atomic mass is 32.2. The number of hydrogen-bond acceptors (Lipinski definition) is 3. The first kappa shape index (κ1) is 17.4. The Morgan fingerprint density at radius 1 is 0.852 bits per heavy atom. The van der Waals surface area contributed by atoms with Crippen molar-refractivity contribution in [3.05, 3.63) is 85.1 Å². The van der Waals surface area contributed by atoms with E-state index in [9.17, 15) is 8.42 Å². The molecule has 0 aliphatic rings. The van der Waals surface area contributed by atoms with E-state index in [4.69, 9.17) is 4.74 Å². The molecule has 0 atom stereocenters. The number of rotatable bonds is 6. The molecule has 1 aromatic heterocycles. The van der Waals surface area contributed by atoms with Gasteiger partial charge in [-0.3, -0.25) is 0 Å². The number of aromatic nitrogens is 1. The van der Waals surface area contributed by atoms with Crippen LogP contribution in [0, 0.1) is 0 Å². The highest BCUT2D eigenvalue weighted by molar-refractivity contribution is 7.91. The van der Waals surface area contributed by atoms with Gasteiger partial charge in [0, 0.05) is 17.3 Å². The number of para-hydroxylation sites is 1. The second-order valence-electron chi connectivity index (χ2n) is 6.26. The van der Waals surface area contributed by atoms with Crippen molar-refractivity contribution >= 4 is 20.7 Å². The Labute approximate surface area is 158 Å². The predicted octanol–water partition coefficient (Wildman–Crippen LogP) is 4.69. The van der Waals surface area contributed by atoms with Crippen molar-refractivity contribution in [2.24, 2.45) is 0 Å². The monoisotopic (exact) mass is 377 g/mol. The average molecular weight is 377 g/mol. The summed E-state index contributed by atoms with van der Waals surface area (Å²) in [5.74, 6) is 0.609. The highest BCUT2D eigenvalue weighted by Gasteiger charge is 2.15. The van der Waals surface area contributed by atoms with Gasteiger partial charge in [-0.1, -0.05) is 42.5 Å². The lowest BCUT2D eigenvalue weighted by molar-refractivity contribution is 0.342. The molecule has 0 saturated carbocycles. The van der Waals surface area contributed by atoms with Gasteiger partial charge in [0.2, 0.25) is 0 Å². The molecular weight excluding hydrogens is 358 g/mol. The van der Waals surface area contributed by atoms with Crippen LogP contribution in [0.5, 0.6) is 5.75 Å². The summed E-state index contributed by atoms with van der Waals surface area (Å²) in [5.41, 5.74) is 3.05. The van der Waals surface area contributed by atoms with Gasteiger partial charge < -0.3 is 9.72 Å². The molecule has 0 radical (unpaired) electrons. The third-order valence-corrected chi connectivity index (χ3v) is 6.16. The average Bonchev–Trinajstić information content (AvgIpc) is 3.17. The SMILES string of the molecule is O=S(=O)(CCOc1ccccc1-c1ccc2[nH]ccc2c1)c1ccccc1. The Kier molecular flexibility index (Phi) is 4.69. The first-order valence-electron chi connectivity index (χ1n) is 8.71. The van der Waals surface area contributed by atoms with Crippen molar-refractivity contribution < 1.29 is 13.2 Å². The second kappa shape index (κ2) is 7.29. The summed E-state index contributed by atoms with van der Waals surface area (Å²) in [5, 5.41) is 1.12. The van der Waals surface area contributed by atoms with Crippen molar-refractivity contribution in [3.8, 4) is 16.9 Å². The van der Waals surface area contributed by atoms with E-state index in [1.54, 1.807) is 30.3 Å². The molecule has 5 heteroatoms. The molecule has 0 amide bonds. The summed E-state index contributed by atoms with van der Waals surface area (Å²) in [4.78, 5) is 3.50. The van der Waals surface area contributed by atoms with E-state index in [-0.39, 0.29) is 12.4 Å². The molecule has 4 aromatic rings. The molecule has 4 nitrogen and oxygen atoms in total. The van der Waals surface area contributed by atoms with Gasteiger partial charge in [-0.2, -0.15) is 0 Å². The molecule has 4 rings (SSSR count). The van der Waals surface area contributed by atoms with E-state index in [1.807, 2.05) is 48.7 Å². The summed E-state index contributed by atoms with van der Waals surface area (Å²) < 4.78 is 30.7. The third-order valence-electron chi connectivity index (χ3n) is 4.46. The maximum Gasteiger partial charge on any atom is 0.181 e. The first-order chi connectivity index (χ1) is 13.1. The molecule has 0 unspecified atom stereocenters. The van der Waals surface area contributed by atoms with E-state index >= 15 is 0 Å². The van der Waals surface area contributed by atoms with Gasteiger partial charge in [-0.05, 0) is 47.3 Å². The molecule has 27 heavy (non-hydrogen) atoms. The molecule has 0 bridgehead atoms. The van der Waals surface area contributed by atoms with Crippen LogP contribution in [-0.4, -0.2) is 25.8 Å². The number of ether oxygens (including phenoxy) is 1. The van der Waals surface area contributed by atoms with E-state index in [0.717, 1.165) is 22.0 Å². The Bertz CT molecular complexity index is 1160. The number of nitrogens with one attached hydrogen (secondary N) is 1. The second-order valence-corrected chi connectivity index (χ2v) is 8.37. The summed E-state index contributed by atoms with van der Waals surface area (Å²) in [6.07, 6.45) is 1.91. The number of H-pyrrole nitrogens is 1. The molecule has 1 N–H and O–H groups in total. The van der Waals surface area contributed by atoms with Gasteiger partial charge >= 0.3 is 0 Å². The third kappa shape index (κ3) is 3.73. The summed E-state index contributed by atoms with van der Waals surface area (Å²) in [7, 11) is -3.36. The molecular formula is C22H19NO3S. The van der Waals surface area contributed by atoms with Gasteiger partial charge in [-0.15, -0.1) is 0 Å². The molecule has 0 aliphatic carbocycles. The Hall–Kier alpha value is -3.05. The fourth-order valence-electron chi connectivity index (χ4n) is 3.06. The van der Waals surface area contributed by atoms with Crippen LogP contribution in [-0.2, 0) is 9.84 Å². The molecule has 0 fully saturated rings. The lowest BCUT2D eigenvalue weighted by Crippen LogP contribution is -2.14. The molecule has 0 saturated heterocycles.